The predicted molar refractivity (Wildman–Crippen MR) is 112 cm³/mol. The van der Waals surface area contributed by atoms with Gasteiger partial charge in [-0.1, -0.05) is 29.3 Å². The molecule has 1 aromatic carbocycles. The maximum atomic E-state index is 12.5. The Balaban J connectivity index is 1.87. The number of likely N-dealkylation sites (N-methyl/N-ethyl adjacent to an activating group) is 1. The lowest BCUT2D eigenvalue weighted by atomic mass is 10.1. The Morgan fingerprint density at radius 1 is 1.31 bits per heavy atom. The minimum Gasteiger partial charge on any atom is -0.503 e. The second kappa shape index (κ2) is 9.98. The van der Waals surface area contributed by atoms with Crippen molar-refractivity contribution in [3.63, 3.8) is 0 Å². The molecule has 1 unspecified atom stereocenters. The molecule has 9 heteroatoms. The van der Waals surface area contributed by atoms with Crippen LogP contribution in [-0.2, 0) is 20.8 Å². The van der Waals surface area contributed by atoms with Crippen molar-refractivity contribution >= 4 is 40.9 Å². The van der Waals surface area contributed by atoms with E-state index in [2.05, 4.69) is 5.32 Å². The van der Waals surface area contributed by atoms with Gasteiger partial charge in [0.15, 0.2) is 5.76 Å². The number of hydrogen-bond donors (Lipinski definition) is 2. The average Bonchev–Trinajstić information content (AvgIpc) is 2.95. The number of carbonyl (C=O) groups excluding carboxylic acids is 3. The molecule has 0 spiro atoms. The molecule has 1 aliphatic heterocycles. The molecule has 0 aliphatic carbocycles. The van der Waals surface area contributed by atoms with Crippen molar-refractivity contribution in [3.8, 4) is 0 Å². The van der Waals surface area contributed by atoms with Crippen molar-refractivity contribution < 1.29 is 19.5 Å². The van der Waals surface area contributed by atoms with Gasteiger partial charge in [0.05, 0.1) is 22.2 Å². The van der Waals surface area contributed by atoms with Gasteiger partial charge in [0, 0.05) is 33.1 Å². The van der Waals surface area contributed by atoms with Gasteiger partial charge >= 0.3 is 0 Å². The predicted octanol–water partition coefficient (Wildman–Crippen LogP) is 2.56. The number of rotatable bonds is 8. The maximum absolute atomic E-state index is 12.5. The van der Waals surface area contributed by atoms with E-state index in [-0.39, 0.29) is 30.6 Å². The average molecular weight is 442 g/mol. The number of carbonyl (C=O) groups is 3. The van der Waals surface area contributed by atoms with E-state index in [0.717, 1.165) is 5.56 Å². The zero-order valence-corrected chi connectivity index (χ0v) is 18.2. The van der Waals surface area contributed by atoms with E-state index in [1.54, 1.807) is 19.2 Å². The molecule has 0 bridgehead atoms. The summed E-state index contributed by atoms with van der Waals surface area (Å²) < 4.78 is 0. The summed E-state index contributed by atoms with van der Waals surface area (Å²) in [6.45, 7) is 3.86. The summed E-state index contributed by atoms with van der Waals surface area (Å²) in [4.78, 5) is 38.8. The number of nitrogens with one attached hydrogen (secondary N) is 1. The van der Waals surface area contributed by atoms with E-state index in [9.17, 15) is 19.5 Å². The van der Waals surface area contributed by atoms with Crippen molar-refractivity contribution in [1.82, 2.24) is 15.1 Å². The third-order valence-corrected chi connectivity index (χ3v) is 5.61. The van der Waals surface area contributed by atoms with Crippen molar-refractivity contribution in [3.05, 3.63) is 45.1 Å². The van der Waals surface area contributed by atoms with Crippen molar-refractivity contribution in [1.29, 1.82) is 0 Å². The molecular weight excluding hydrogens is 417 g/mol. The molecule has 0 saturated carbocycles. The zero-order valence-electron chi connectivity index (χ0n) is 16.7. The van der Waals surface area contributed by atoms with Crippen LogP contribution in [0.15, 0.2) is 29.5 Å². The Kier molecular flexibility index (Phi) is 7.93. The van der Waals surface area contributed by atoms with Crippen molar-refractivity contribution in [2.24, 2.45) is 0 Å². The minimum absolute atomic E-state index is 0.0156. The summed E-state index contributed by atoms with van der Waals surface area (Å²) in [5.74, 6) is -1.73. The molecule has 29 heavy (non-hydrogen) atoms. The normalized spacial score (nSPS) is 14.9. The van der Waals surface area contributed by atoms with Crippen LogP contribution in [0.5, 0.6) is 0 Å². The van der Waals surface area contributed by atoms with Crippen molar-refractivity contribution in [2.45, 2.75) is 32.7 Å². The van der Waals surface area contributed by atoms with Gasteiger partial charge in [-0.3, -0.25) is 14.4 Å². The van der Waals surface area contributed by atoms with Gasteiger partial charge in [-0.25, -0.2) is 0 Å². The van der Waals surface area contributed by atoms with E-state index in [1.807, 2.05) is 13.0 Å². The first-order valence-electron chi connectivity index (χ1n) is 9.28. The number of hydrogen-bond acceptors (Lipinski definition) is 4. The van der Waals surface area contributed by atoms with Crippen LogP contribution in [0.1, 0.15) is 25.8 Å². The van der Waals surface area contributed by atoms with Gasteiger partial charge in [-0.2, -0.15) is 0 Å². The van der Waals surface area contributed by atoms with Crippen LogP contribution in [0.3, 0.4) is 0 Å². The molecule has 2 N–H and O–H groups in total. The van der Waals surface area contributed by atoms with Crippen LogP contribution in [0.4, 0.5) is 0 Å². The third-order valence-electron chi connectivity index (χ3n) is 4.87. The lowest BCUT2D eigenvalue weighted by Crippen LogP contribution is -2.38. The second-order valence-electron chi connectivity index (χ2n) is 7.16. The highest BCUT2D eigenvalue weighted by atomic mass is 35.5. The molecule has 1 aliphatic rings. The van der Waals surface area contributed by atoms with Crippen LogP contribution in [-0.4, -0.2) is 65.4 Å². The molecule has 0 radical (unpaired) electrons. The number of aliphatic hydroxyl groups excluding tert-OH is 1. The Morgan fingerprint density at radius 2 is 2.00 bits per heavy atom. The molecule has 7 nitrogen and oxygen atoms in total. The van der Waals surface area contributed by atoms with Gasteiger partial charge in [0.2, 0.25) is 5.91 Å². The Hall–Kier alpha value is -2.25. The van der Waals surface area contributed by atoms with E-state index in [1.165, 1.54) is 16.7 Å². The molecule has 1 heterocycles. The Morgan fingerprint density at radius 3 is 2.62 bits per heavy atom. The van der Waals surface area contributed by atoms with Gasteiger partial charge in [0.25, 0.3) is 11.8 Å². The van der Waals surface area contributed by atoms with Crippen LogP contribution in [0.25, 0.3) is 0 Å². The zero-order chi connectivity index (χ0) is 21.7. The van der Waals surface area contributed by atoms with Gasteiger partial charge < -0.3 is 20.2 Å². The number of aliphatic hydroxyl groups is 1. The smallest absolute Gasteiger partial charge is 0.289 e. The number of benzene rings is 1. The topological polar surface area (TPSA) is 90.0 Å². The molecule has 0 saturated heterocycles. The summed E-state index contributed by atoms with van der Waals surface area (Å²) >= 11 is 11.9. The van der Waals surface area contributed by atoms with Crippen molar-refractivity contribution in [2.75, 3.05) is 26.7 Å². The maximum Gasteiger partial charge on any atom is 0.289 e. The second-order valence-corrected chi connectivity index (χ2v) is 7.97. The van der Waals surface area contributed by atoms with Crippen LogP contribution in [0, 0.1) is 0 Å². The fourth-order valence-corrected chi connectivity index (χ4v) is 3.19. The van der Waals surface area contributed by atoms with Gasteiger partial charge in [0.1, 0.15) is 0 Å². The lowest BCUT2D eigenvalue weighted by molar-refractivity contribution is -0.131. The first-order chi connectivity index (χ1) is 13.6. The Bertz CT molecular complexity index is 841. The first-order valence-corrected chi connectivity index (χ1v) is 10.0. The number of halogens is 2. The highest BCUT2D eigenvalue weighted by Gasteiger charge is 2.34. The number of aryl methyl sites for hydroxylation is 1. The van der Waals surface area contributed by atoms with E-state index < -0.39 is 17.6 Å². The Labute approximate surface area is 180 Å². The van der Waals surface area contributed by atoms with E-state index >= 15 is 0 Å². The van der Waals surface area contributed by atoms with Gasteiger partial charge in [-0.05, 0) is 37.5 Å². The van der Waals surface area contributed by atoms with E-state index in [0.29, 0.717) is 29.4 Å². The highest BCUT2D eigenvalue weighted by molar-refractivity contribution is 6.42. The molecular formula is C20H25Cl2N3O4. The first kappa shape index (κ1) is 23.0. The summed E-state index contributed by atoms with van der Waals surface area (Å²) in [7, 11) is 1.62. The summed E-state index contributed by atoms with van der Waals surface area (Å²) in [5.41, 5.74) is 1.04. The fourth-order valence-electron chi connectivity index (χ4n) is 2.87. The number of amides is 3. The largest absolute Gasteiger partial charge is 0.503 e. The molecule has 1 aromatic rings. The summed E-state index contributed by atoms with van der Waals surface area (Å²) in [6.07, 6.45) is 1.34. The molecule has 2 rings (SSSR count). The minimum atomic E-state index is -0.601. The molecule has 158 valence electrons. The van der Waals surface area contributed by atoms with Crippen LogP contribution >= 0.6 is 23.2 Å². The number of nitrogens with zero attached hydrogens (tertiary/aromatic N) is 2. The van der Waals surface area contributed by atoms with Gasteiger partial charge in [-0.15, -0.1) is 0 Å². The van der Waals surface area contributed by atoms with E-state index in [4.69, 9.17) is 23.2 Å². The SMILES string of the molecule is CC(=O)N(C)CCN1CC(C(=O)NC(C)CCc2ccc(Cl)c(Cl)c2)=C(O)C1=O. The highest BCUT2D eigenvalue weighted by Crippen LogP contribution is 2.23. The fraction of sp³-hybridized carbons (Fsp3) is 0.450. The molecule has 0 aromatic heterocycles. The standard InChI is InChI=1S/C20H25Cl2N3O4/c1-12(4-5-14-6-7-16(21)17(22)10-14)23-19(28)15-11-25(20(29)18(15)27)9-8-24(3)13(2)26/h6-7,10,12,27H,4-5,8-9,11H2,1-3H3,(H,23,28). The molecule has 1 atom stereocenters. The van der Waals surface area contributed by atoms with Crippen LogP contribution < -0.4 is 5.32 Å². The monoisotopic (exact) mass is 441 g/mol. The molecule has 0 fully saturated rings. The summed E-state index contributed by atoms with van der Waals surface area (Å²) in [5, 5.41) is 13.9. The molecule has 3 amide bonds. The summed E-state index contributed by atoms with van der Waals surface area (Å²) in [6, 6.07) is 5.22. The lowest BCUT2D eigenvalue weighted by Gasteiger charge is -2.21. The quantitative estimate of drug-likeness (QED) is 0.648. The van der Waals surface area contributed by atoms with Crippen LogP contribution in [0.2, 0.25) is 10.0 Å². The third kappa shape index (κ3) is 6.11.